The van der Waals surface area contributed by atoms with Gasteiger partial charge >= 0.3 is 5.97 Å². The minimum Gasteiger partial charge on any atom is -0.493 e. The van der Waals surface area contributed by atoms with Crippen LogP contribution < -0.4 is 29.4 Å². The number of rotatable bonds is 9. The standard InChI is InChI=1S/C33H26Cl2N2O6/c1-3-40-27-7-5-4-6-24(27)33(38)42-22-11-12-23-29(16-22)43-32(37)25(17-36)31(23)19-9-13-28(30(14-19)39-2)41-18-20-8-10-21(34)15-26(20)35/h4-16,31H,3,18,37H2,1-2H3. The van der Waals surface area contributed by atoms with Crippen LogP contribution in [0.25, 0.3) is 0 Å². The number of hydrogen-bond acceptors (Lipinski definition) is 8. The van der Waals surface area contributed by atoms with E-state index in [-0.39, 0.29) is 23.8 Å². The molecule has 0 aliphatic carbocycles. The van der Waals surface area contributed by atoms with E-state index in [4.69, 9.17) is 52.6 Å². The maximum atomic E-state index is 12.9. The van der Waals surface area contributed by atoms with Gasteiger partial charge in [0.15, 0.2) is 11.5 Å². The van der Waals surface area contributed by atoms with Crippen molar-refractivity contribution >= 4 is 29.2 Å². The molecule has 1 unspecified atom stereocenters. The Morgan fingerprint density at radius 1 is 0.977 bits per heavy atom. The third kappa shape index (κ3) is 6.33. The highest BCUT2D eigenvalue weighted by atomic mass is 35.5. The fraction of sp³-hybridized carbons (Fsp3) is 0.152. The molecule has 0 aromatic heterocycles. The first-order valence-corrected chi connectivity index (χ1v) is 14.0. The van der Waals surface area contributed by atoms with Gasteiger partial charge in [-0.3, -0.25) is 0 Å². The molecule has 1 aliphatic rings. The summed E-state index contributed by atoms with van der Waals surface area (Å²) in [4.78, 5) is 12.9. The molecule has 1 atom stereocenters. The summed E-state index contributed by atoms with van der Waals surface area (Å²) in [6, 6.07) is 24.5. The van der Waals surface area contributed by atoms with Gasteiger partial charge in [0.2, 0.25) is 5.88 Å². The summed E-state index contributed by atoms with van der Waals surface area (Å²) >= 11 is 12.3. The van der Waals surface area contributed by atoms with E-state index in [1.165, 1.54) is 7.11 Å². The minimum absolute atomic E-state index is 0.0539. The van der Waals surface area contributed by atoms with Gasteiger partial charge in [-0.2, -0.15) is 5.26 Å². The number of allylic oxidation sites excluding steroid dienone is 1. The largest absolute Gasteiger partial charge is 0.493 e. The van der Waals surface area contributed by atoms with Crippen LogP contribution >= 0.6 is 23.2 Å². The first-order valence-electron chi connectivity index (χ1n) is 13.2. The number of halogens is 2. The lowest BCUT2D eigenvalue weighted by Gasteiger charge is -2.27. The van der Waals surface area contributed by atoms with E-state index in [1.54, 1.807) is 72.8 Å². The maximum absolute atomic E-state index is 12.9. The molecule has 0 saturated carbocycles. The fourth-order valence-electron chi connectivity index (χ4n) is 4.70. The number of hydrogen-bond donors (Lipinski definition) is 1. The quantitative estimate of drug-likeness (QED) is 0.153. The molecule has 5 rings (SSSR count). The zero-order valence-electron chi connectivity index (χ0n) is 23.2. The van der Waals surface area contributed by atoms with Crippen LogP contribution in [-0.2, 0) is 6.61 Å². The molecule has 0 radical (unpaired) electrons. The normalized spacial score (nSPS) is 13.8. The second kappa shape index (κ2) is 13.0. The van der Waals surface area contributed by atoms with Crippen molar-refractivity contribution in [2.24, 2.45) is 5.73 Å². The van der Waals surface area contributed by atoms with Crippen LogP contribution in [0.4, 0.5) is 0 Å². The molecule has 4 aromatic rings. The number of nitriles is 1. The number of methoxy groups -OCH3 is 1. The zero-order chi connectivity index (χ0) is 30.5. The molecule has 218 valence electrons. The molecule has 0 amide bonds. The number of esters is 1. The first-order chi connectivity index (χ1) is 20.8. The third-order valence-corrected chi connectivity index (χ3v) is 7.31. The number of benzene rings is 4. The third-order valence-electron chi connectivity index (χ3n) is 6.73. The molecule has 0 fully saturated rings. The van der Waals surface area contributed by atoms with Gasteiger partial charge < -0.3 is 29.4 Å². The first kappa shape index (κ1) is 29.6. The van der Waals surface area contributed by atoms with E-state index in [1.807, 2.05) is 13.0 Å². The highest BCUT2D eigenvalue weighted by Gasteiger charge is 2.32. The van der Waals surface area contributed by atoms with Gasteiger partial charge in [-0.15, -0.1) is 0 Å². The van der Waals surface area contributed by atoms with Crippen LogP contribution in [-0.4, -0.2) is 19.7 Å². The van der Waals surface area contributed by atoms with Gasteiger partial charge in [0.05, 0.1) is 19.6 Å². The van der Waals surface area contributed by atoms with E-state index in [0.29, 0.717) is 56.3 Å². The Hall–Kier alpha value is -4.84. The molecule has 8 nitrogen and oxygen atoms in total. The fourth-order valence-corrected chi connectivity index (χ4v) is 5.16. The monoisotopic (exact) mass is 616 g/mol. The Kier molecular flexibility index (Phi) is 8.96. The van der Waals surface area contributed by atoms with E-state index in [0.717, 1.165) is 5.56 Å². The second-order valence-corrected chi connectivity index (χ2v) is 10.2. The number of carbonyl (C=O) groups is 1. The van der Waals surface area contributed by atoms with Crippen molar-refractivity contribution in [3.05, 3.63) is 123 Å². The van der Waals surface area contributed by atoms with Gasteiger partial charge in [-0.25, -0.2) is 4.79 Å². The van der Waals surface area contributed by atoms with Crippen LogP contribution in [0.1, 0.15) is 39.9 Å². The topological polar surface area (TPSA) is 113 Å². The van der Waals surface area contributed by atoms with Crippen molar-refractivity contribution in [2.75, 3.05) is 13.7 Å². The van der Waals surface area contributed by atoms with Gasteiger partial charge in [0.25, 0.3) is 0 Å². The smallest absolute Gasteiger partial charge is 0.347 e. The molecule has 4 aromatic carbocycles. The van der Waals surface area contributed by atoms with Gasteiger partial charge in [0, 0.05) is 27.2 Å². The molecule has 10 heteroatoms. The van der Waals surface area contributed by atoms with E-state index < -0.39 is 11.9 Å². The number of fused-ring (bicyclic) bond motifs is 1. The van der Waals surface area contributed by atoms with E-state index >= 15 is 0 Å². The van der Waals surface area contributed by atoms with E-state index in [2.05, 4.69) is 6.07 Å². The highest BCUT2D eigenvalue weighted by molar-refractivity contribution is 6.35. The van der Waals surface area contributed by atoms with Crippen molar-refractivity contribution in [3.8, 4) is 34.8 Å². The average molecular weight is 617 g/mol. The second-order valence-electron chi connectivity index (χ2n) is 9.38. The van der Waals surface area contributed by atoms with Crippen molar-refractivity contribution in [1.82, 2.24) is 0 Å². The molecule has 0 spiro atoms. The van der Waals surface area contributed by atoms with Gasteiger partial charge in [-0.1, -0.05) is 53.5 Å². The summed E-state index contributed by atoms with van der Waals surface area (Å²) in [7, 11) is 1.53. The van der Waals surface area contributed by atoms with Gasteiger partial charge in [-0.05, 0) is 55.0 Å². The highest BCUT2D eigenvalue weighted by Crippen LogP contribution is 2.45. The van der Waals surface area contributed by atoms with Crippen molar-refractivity contribution in [2.45, 2.75) is 19.4 Å². The summed E-state index contributed by atoms with van der Waals surface area (Å²) < 4.78 is 28.6. The van der Waals surface area contributed by atoms with Crippen LogP contribution in [0.2, 0.25) is 10.0 Å². The Labute approximate surface area is 258 Å². The maximum Gasteiger partial charge on any atom is 0.347 e. The molecule has 43 heavy (non-hydrogen) atoms. The lowest BCUT2D eigenvalue weighted by Crippen LogP contribution is -2.21. The van der Waals surface area contributed by atoms with Crippen LogP contribution in [0, 0.1) is 11.3 Å². The molecule has 1 aliphatic heterocycles. The zero-order valence-corrected chi connectivity index (χ0v) is 24.7. The Bertz CT molecular complexity index is 1760. The molecule has 1 heterocycles. The molecule has 0 saturated heterocycles. The Morgan fingerprint density at radius 2 is 1.79 bits per heavy atom. The van der Waals surface area contributed by atoms with E-state index in [9.17, 15) is 10.1 Å². The minimum atomic E-state index is -0.585. The Balaban J connectivity index is 1.43. The van der Waals surface area contributed by atoms with Crippen molar-refractivity contribution in [3.63, 3.8) is 0 Å². The van der Waals surface area contributed by atoms with Crippen molar-refractivity contribution in [1.29, 1.82) is 5.26 Å². The van der Waals surface area contributed by atoms with Crippen LogP contribution in [0.5, 0.6) is 28.7 Å². The Morgan fingerprint density at radius 3 is 2.53 bits per heavy atom. The summed E-state index contributed by atoms with van der Waals surface area (Å²) in [6.07, 6.45) is 0. The number of ether oxygens (including phenoxy) is 5. The number of nitrogens with two attached hydrogens (primary N) is 1. The number of carbonyl (C=O) groups excluding carboxylic acids is 1. The lowest BCUT2D eigenvalue weighted by molar-refractivity contribution is 0.0730. The summed E-state index contributed by atoms with van der Waals surface area (Å²) in [5, 5.41) is 11.0. The van der Waals surface area contributed by atoms with Crippen LogP contribution in [0.3, 0.4) is 0 Å². The SMILES string of the molecule is CCOc1ccccc1C(=O)Oc1ccc2c(c1)OC(N)=C(C#N)C2c1ccc(OCc2ccc(Cl)cc2Cl)c(OC)c1. The molecular weight excluding hydrogens is 591 g/mol. The van der Waals surface area contributed by atoms with Crippen molar-refractivity contribution < 1.29 is 28.5 Å². The predicted molar refractivity (Wildman–Crippen MR) is 162 cm³/mol. The lowest BCUT2D eigenvalue weighted by atomic mass is 9.83. The average Bonchev–Trinajstić information content (AvgIpc) is 3.00. The number of para-hydroxylation sites is 1. The van der Waals surface area contributed by atoms with Crippen LogP contribution in [0.15, 0.2) is 90.3 Å². The summed E-state index contributed by atoms with van der Waals surface area (Å²) in [5.74, 6) is 0.726. The predicted octanol–water partition coefficient (Wildman–Crippen LogP) is 7.42. The molecule has 2 N–H and O–H groups in total. The molecule has 0 bridgehead atoms. The van der Waals surface area contributed by atoms with Gasteiger partial charge in [0.1, 0.15) is 41.1 Å². The molecular formula is C33H26Cl2N2O6. The number of nitrogens with zero attached hydrogens (tertiary/aromatic N) is 1. The summed E-state index contributed by atoms with van der Waals surface area (Å²) in [6.45, 7) is 2.43. The summed E-state index contributed by atoms with van der Waals surface area (Å²) in [5.41, 5.74) is 8.85.